The Labute approximate surface area is 146 Å². The van der Waals surface area contributed by atoms with Gasteiger partial charge >= 0.3 is 0 Å². The van der Waals surface area contributed by atoms with Crippen LogP contribution in [0.4, 0.5) is 0 Å². The van der Waals surface area contributed by atoms with E-state index < -0.39 is 27.9 Å². The summed E-state index contributed by atoms with van der Waals surface area (Å²) in [6.45, 7) is 1.57. The lowest BCUT2D eigenvalue weighted by Gasteiger charge is -2.17. The summed E-state index contributed by atoms with van der Waals surface area (Å²) in [5.74, 6) is -1.24. The standard InChI is InChI=1S/C18H18N2O4S/c1-13(14-7-3-2-4-8-14)19-25(23,24)12-11-20-17(21)15-9-5-6-10-16(15)18(20)22/h2-10,13,19H,11-12H2,1H3. The van der Waals surface area contributed by atoms with E-state index in [1.54, 1.807) is 31.2 Å². The van der Waals surface area contributed by atoms with Crippen LogP contribution < -0.4 is 4.72 Å². The highest BCUT2D eigenvalue weighted by atomic mass is 32.2. The van der Waals surface area contributed by atoms with Gasteiger partial charge in [-0.2, -0.15) is 0 Å². The van der Waals surface area contributed by atoms with Gasteiger partial charge in [-0.1, -0.05) is 42.5 Å². The molecule has 2 amide bonds. The Balaban J connectivity index is 1.65. The summed E-state index contributed by atoms with van der Waals surface area (Å²) in [6.07, 6.45) is 0. The zero-order valence-electron chi connectivity index (χ0n) is 13.7. The van der Waals surface area contributed by atoms with E-state index in [0.717, 1.165) is 10.5 Å². The molecular weight excluding hydrogens is 340 g/mol. The van der Waals surface area contributed by atoms with Gasteiger partial charge in [0.05, 0.1) is 16.9 Å². The first-order valence-corrected chi connectivity index (χ1v) is 9.54. The Morgan fingerprint density at radius 1 is 0.920 bits per heavy atom. The molecule has 0 radical (unpaired) electrons. The average molecular weight is 358 g/mol. The van der Waals surface area contributed by atoms with Crippen molar-refractivity contribution in [2.24, 2.45) is 0 Å². The third-order valence-electron chi connectivity index (χ3n) is 4.12. The highest BCUT2D eigenvalue weighted by molar-refractivity contribution is 7.89. The van der Waals surface area contributed by atoms with Gasteiger partial charge in [-0.3, -0.25) is 14.5 Å². The first-order valence-electron chi connectivity index (χ1n) is 7.89. The van der Waals surface area contributed by atoms with E-state index in [1.807, 2.05) is 30.3 Å². The number of imide groups is 1. The molecular formula is C18H18N2O4S. The normalized spacial score (nSPS) is 15.3. The minimum atomic E-state index is -3.65. The summed E-state index contributed by atoms with van der Waals surface area (Å²) in [6, 6.07) is 15.3. The number of sulfonamides is 1. The van der Waals surface area contributed by atoms with Gasteiger partial charge in [0, 0.05) is 12.6 Å². The Bertz CT molecular complexity index is 875. The van der Waals surface area contributed by atoms with Crippen LogP contribution in [0.25, 0.3) is 0 Å². The quantitative estimate of drug-likeness (QED) is 0.800. The second-order valence-corrected chi connectivity index (χ2v) is 7.75. The molecule has 0 saturated carbocycles. The highest BCUT2D eigenvalue weighted by Gasteiger charge is 2.35. The fraction of sp³-hybridized carbons (Fsp3) is 0.222. The summed E-state index contributed by atoms with van der Waals surface area (Å²) in [4.78, 5) is 25.5. The lowest BCUT2D eigenvalue weighted by molar-refractivity contribution is 0.0664. The Hall–Kier alpha value is -2.51. The second-order valence-electron chi connectivity index (χ2n) is 5.88. The highest BCUT2D eigenvalue weighted by Crippen LogP contribution is 2.22. The SMILES string of the molecule is CC(NS(=O)(=O)CCN1C(=O)c2ccccc2C1=O)c1ccccc1. The fourth-order valence-corrected chi connectivity index (χ4v) is 4.01. The van der Waals surface area contributed by atoms with E-state index in [2.05, 4.69) is 4.72 Å². The summed E-state index contributed by atoms with van der Waals surface area (Å²) in [7, 11) is -3.65. The molecule has 1 heterocycles. The molecule has 1 atom stereocenters. The number of carbonyl (C=O) groups excluding carboxylic acids is 2. The third-order valence-corrected chi connectivity index (χ3v) is 5.55. The molecule has 0 spiro atoms. The first kappa shape index (κ1) is 17.3. The van der Waals surface area contributed by atoms with Crippen LogP contribution in [0.2, 0.25) is 0 Å². The third kappa shape index (κ3) is 3.62. The minimum absolute atomic E-state index is 0.177. The van der Waals surface area contributed by atoms with E-state index >= 15 is 0 Å². The maximum atomic E-state index is 12.3. The number of amides is 2. The molecule has 0 aromatic heterocycles. The van der Waals surface area contributed by atoms with Crippen molar-refractivity contribution in [2.75, 3.05) is 12.3 Å². The van der Waals surface area contributed by atoms with Crippen LogP contribution in [0.3, 0.4) is 0 Å². The van der Waals surface area contributed by atoms with Gasteiger partial charge in [-0.05, 0) is 24.6 Å². The number of carbonyl (C=O) groups is 2. The minimum Gasteiger partial charge on any atom is -0.273 e. The van der Waals surface area contributed by atoms with Crippen LogP contribution >= 0.6 is 0 Å². The lowest BCUT2D eigenvalue weighted by Crippen LogP contribution is -2.38. The predicted molar refractivity (Wildman–Crippen MR) is 93.6 cm³/mol. The molecule has 0 saturated heterocycles. The smallest absolute Gasteiger partial charge is 0.261 e. The van der Waals surface area contributed by atoms with Crippen LogP contribution in [0.15, 0.2) is 54.6 Å². The van der Waals surface area contributed by atoms with Crippen molar-refractivity contribution < 1.29 is 18.0 Å². The molecule has 0 aliphatic carbocycles. The molecule has 0 bridgehead atoms. The van der Waals surface area contributed by atoms with Gasteiger partial charge in [0.2, 0.25) is 10.0 Å². The number of benzene rings is 2. The summed E-state index contributed by atoms with van der Waals surface area (Å²) < 4.78 is 27.2. The topological polar surface area (TPSA) is 83.6 Å². The number of fused-ring (bicyclic) bond motifs is 1. The van der Waals surface area contributed by atoms with Crippen molar-refractivity contribution in [3.8, 4) is 0 Å². The van der Waals surface area contributed by atoms with Gasteiger partial charge < -0.3 is 0 Å². The van der Waals surface area contributed by atoms with E-state index in [9.17, 15) is 18.0 Å². The Morgan fingerprint density at radius 3 is 2.00 bits per heavy atom. The maximum absolute atomic E-state index is 12.3. The number of nitrogens with one attached hydrogen (secondary N) is 1. The molecule has 3 rings (SSSR count). The predicted octanol–water partition coefficient (Wildman–Crippen LogP) is 1.96. The second kappa shape index (κ2) is 6.78. The van der Waals surface area contributed by atoms with E-state index in [4.69, 9.17) is 0 Å². The van der Waals surface area contributed by atoms with Crippen molar-refractivity contribution in [1.82, 2.24) is 9.62 Å². The van der Waals surface area contributed by atoms with Crippen LogP contribution in [0.5, 0.6) is 0 Å². The molecule has 1 aliphatic heterocycles. The molecule has 6 nitrogen and oxygen atoms in total. The van der Waals surface area contributed by atoms with Gasteiger partial charge in [0.1, 0.15) is 0 Å². The average Bonchev–Trinajstić information content (AvgIpc) is 2.85. The van der Waals surface area contributed by atoms with Crippen molar-refractivity contribution in [1.29, 1.82) is 0 Å². The van der Waals surface area contributed by atoms with Gasteiger partial charge in [-0.15, -0.1) is 0 Å². The van der Waals surface area contributed by atoms with Crippen molar-refractivity contribution in [3.05, 3.63) is 71.3 Å². The lowest BCUT2D eigenvalue weighted by atomic mass is 10.1. The molecule has 25 heavy (non-hydrogen) atoms. The van der Waals surface area contributed by atoms with Crippen molar-refractivity contribution in [3.63, 3.8) is 0 Å². The molecule has 130 valence electrons. The summed E-state index contributed by atoms with van der Waals surface area (Å²) in [5.41, 5.74) is 1.47. The number of nitrogens with zero attached hydrogens (tertiary/aromatic N) is 1. The van der Waals surface area contributed by atoms with Crippen LogP contribution in [0, 0.1) is 0 Å². The van der Waals surface area contributed by atoms with E-state index in [1.165, 1.54) is 0 Å². The largest absolute Gasteiger partial charge is 0.273 e. The zero-order valence-corrected chi connectivity index (χ0v) is 14.5. The molecule has 2 aromatic rings. The number of hydrogen-bond acceptors (Lipinski definition) is 4. The number of hydrogen-bond donors (Lipinski definition) is 1. The molecule has 1 unspecified atom stereocenters. The molecule has 1 N–H and O–H groups in total. The fourth-order valence-electron chi connectivity index (χ4n) is 2.79. The van der Waals surface area contributed by atoms with Gasteiger partial charge in [0.25, 0.3) is 11.8 Å². The van der Waals surface area contributed by atoms with E-state index in [0.29, 0.717) is 11.1 Å². The van der Waals surface area contributed by atoms with Crippen LogP contribution in [-0.4, -0.2) is 37.4 Å². The monoisotopic (exact) mass is 358 g/mol. The number of rotatable bonds is 6. The van der Waals surface area contributed by atoms with Crippen molar-refractivity contribution >= 4 is 21.8 Å². The zero-order chi connectivity index (χ0) is 18.0. The Kier molecular flexibility index (Phi) is 4.69. The van der Waals surface area contributed by atoms with Crippen LogP contribution in [-0.2, 0) is 10.0 Å². The Morgan fingerprint density at radius 2 is 1.44 bits per heavy atom. The molecule has 1 aliphatic rings. The van der Waals surface area contributed by atoms with Gasteiger partial charge in [0.15, 0.2) is 0 Å². The van der Waals surface area contributed by atoms with E-state index in [-0.39, 0.29) is 12.3 Å². The van der Waals surface area contributed by atoms with Crippen molar-refractivity contribution in [2.45, 2.75) is 13.0 Å². The molecule has 7 heteroatoms. The summed E-state index contributed by atoms with van der Waals surface area (Å²) >= 11 is 0. The molecule has 2 aromatic carbocycles. The summed E-state index contributed by atoms with van der Waals surface area (Å²) in [5, 5.41) is 0. The van der Waals surface area contributed by atoms with Crippen LogP contribution in [0.1, 0.15) is 39.2 Å². The molecule has 0 fully saturated rings. The maximum Gasteiger partial charge on any atom is 0.261 e. The van der Waals surface area contributed by atoms with Gasteiger partial charge in [-0.25, -0.2) is 13.1 Å². The first-order chi connectivity index (χ1) is 11.9.